The molecule has 0 atom stereocenters. The maximum Gasteiger partial charge on any atom is 1.00 e. The number of hydrogen-bond donors (Lipinski definition) is 2. The van der Waals surface area contributed by atoms with Gasteiger partial charge in [-0.05, 0) is 12.1 Å². The average molecular weight is 229 g/mol. The van der Waals surface area contributed by atoms with Gasteiger partial charge in [-0.2, -0.15) is 0 Å². The first-order valence-electron chi connectivity index (χ1n) is 4.05. The van der Waals surface area contributed by atoms with Crippen molar-refractivity contribution in [1.82, 2.24) is 0 Å². The summed E-state index contributed by atoms with van der Waals surface area (Å²) in [6.07, 6.45) is 0. The molecule has 0 aliphatic rings. The van der Waals surface area contributed by atoms with E-state index in [1.807, 2.05) is 12.1 Å². The van der Waals surface area contributed by atoms with Gasteiger partial charge in [-0.25, -0.2) is 0 Å². The van der Waals surface area contributed by atoms with E-state index in [-0.39, 0.29) is 41.1 Å². The molecule has 0 heterocycles. The van der Waals surface area contributed by atoms with Gasteiger partial charge in [-0.1, -0.05) is 24.3 Å². The molecule has 2 rings (SSSR count). The standard InChI is InChI=1S/C10H8O2.HNO2.Na/c11-9-5-6-10(12)8-4-2-1-3-7(8)9;2-1-3;/h1-6,11-12H;(H,2,3);/q;;+1/p-1. The van der Waals surface area contributed by atoms with Gasteiger partial charge in [0.15, 0.2) is 0 Å². The molecule has 0 aliphatic carbocycles. The topological polar surface area (TPSA) is 93.0 Å². The average Bonchev–Trinajstić information content (AvgIpc) is 2.25. The van der Waals surface area contributed by atoms with Crippen molar-refractivity contribution in [1.29, 1.82) is 0 Å². The van der Waals surface area contributed by atoms with E-state index in [0.717, 1.165) is 5.34 Å². The van der Waals surface area contributed by atoms with Crippen LogP contribution in [0, 0.1) is 10.1 Å². The van der Waals surface area contributed by atoms with Crippen molar-refractivity contribution in [3.63, 3.8) is 0 Å². The molecule has 2 N–H and O–H groups in total. The van der Waals surface area contributed by atoms with E-state index in [9.17, 15) is 10.2 Å². The fourth-order valence-corrected chi connectivity index (χ4v) is 1.27. The SMILES string of the molecule is O=N[O-].Oc1ccc(O)c2ccccc12.[Na+]. The summed E-state index contributed by atoms with van der Waals surface area (Å²) in [4.78, 5) is 8.00. The van der Waals surface area contributed by atoms with Gasteiger partial charge in [0, 0.05) is 10.8 Å². The van der Waals surface area contributed by atoms with Gasteiger partial charge in [0.2, 0.25) is 0 Å². The first-order valence-corrected chi connectivity index (χ1v) is 4.05. The Balaban J connectivity index is 0.000000511. The van der Waals surface area contributed by atoms with Gasteiger partial charge < -0.3 is 20.3 Å². The molecule has 0 unspecified atom stereocenters. The zero-order chi connectivity index (χ0) is 11.3. The van der Waals surface area contributed by atoms with E-state index in [0.29, 0.717) is 10.8 Å². The molecule has 2 aromatic rings. The van der Waals surface area contributed by atoms with Crippen LogP contribution in [0.2, 0.25) is 0 Å². The molecule has 0 saturated heterocycles. The maximum absolute atomic E-state index is 9.38. The molecule has 16 heavy (non-hydrogen) atoms. The molecule has 0 aliphatic heterocycles. The summed E-state index contributed by atoms with van der Waals surface area (Å²) in [5.41, 5.74) is 0. The predicted molar refractivity (Wildman–Crippen MR) is 56.4 cm³/mol. The number of rotatable bonds is 0. The molecule has 5 nitrogen and oxygen atoms in total. The first kappa shape index (κ1) is 14.7. The van der Waals surface area contributed by atoms with E-state index in [4.69, 9.17) is 10.1 Å². The van der Waals surface area contributed by atoms with Crippen molar-refractivity contribution >= 4 is 10.8 Å². The molecule has 0 radical (unpaired) electrons. The first-order chi connectivity index (χ1) is 7.20. The minimum absolute atomic E-state index is 0. The summed E-state index contributed by atoms with van der Waals surface area (Å²) in [6.45, 7) is 0. The number of phenols is 2. The van der Waals surface area contributed by atoms with Crippen LogP contribution < -0.4 is 29.6 Å². The van der Waals surface area contributed by atoms with Crippen LogP contribution in [0.5, 0.6) is 11.5 Å². The van der Waals surface area contributed by atoms with Gasteiger partial charge in [-0.15, -0.1) is 5.34 Å². The molecule has 0 spiro atoms. The van der Waals surface area contributed by atoms with Crippen LogP contribution in [0.3, 0.4) is 0 Å². The number of fused-ring (bicyclic) bond motifs is 1. The number of nitrogens with zero attached hydrogens (tertiary/aromatic N) is 1. The Kier molecular flexibility index (Phi) is 6.48. The van der Waals surface area contributed by atoms with Gasteiger partial charge >= 0.3 is 29.6 Å². The fourth-order valence-electron chi connectivity index (χ4n) is 1.27. The van der Waals surface area contributed by atoms with Crippen molar-refractivity contribution in [3.05, 3.63) is 46.5 Å². The smallest absolute Gasteiger partial charge is 0.507 e. The Labute approximate surface area is 114 Å². The molecule has 0 amide bonds. The molecule has 6 heteroatoms. The van der Waals surface area contributed by atoms with Crippen LogP contribution in [0.4, 0.5) is 0 Å². The van der Waals surface area contributed by atoms with E-state index >= 15 is 0 Å². The molecule has 0 bridgehead atoms. The summed E-state index contributed by atoms with van der Waals surface area (Å²) >= 11 is 0. The number of phenolic OH excluding ortho intramolecular Hbond substituents is 2. The van der Waals surface area contributed by atoms with Gasteiger partial charge in [0.1, 0.15) is 11.5 Å². The van der Waals surface area contributed by atoms with Crippen LogP contribution >= 0.6 is 0 Å². The van der Waals surface area contributed by atoms with E-state index in [1.54, 1.807) is 12.1 Å². The minimum atomic E-state index is 0. The minimum Gasteiger partial charge on any atom is -0.507 e. The van der Waals surface area contributed by atoms with Crippen LogP contribution in [-0.2, 0) is 0 Å². The molecule has 0 aromatic heterocycles. The van der Waals surface area contributed by atoms with Crippen LogP contribution in [0.15, 0.2) is 41.7 Å². The number of benzene rings is 2. The van der Waals surface area contributed by atoms with E-state index in [1.165, 1.54) is 12.1 Å². The summed E-state index contributed by atoms with van der Waals surface area (Å²) in [5.74, 6) is 0.395. The van der Waals surface area contributed by atoms with Crippen LogP contribution in [0.25, 0.3) is 10.8 Å². The molecular weight excluding hydrogens is 221 g/mol. The third kappa shape index (κ3) is 3.37. The second-order valence-electron chi connectivity index (χ2n) is 2.72. The molecule has 0 saturated carbocycles. The van der Waals surface area contributed by atoms with Crippen molar-refractivity contribution in [3.8, 4) is 11.5 Å². The summed E-state index contributed by atoms with van der Waals surface area (Å²) in [6, 6.07) is 10.1. The second-order valence-corrected chi connectivity index (χ2v) is 2.72. The number of hydrogen-bond acceptors (Lipinski definition) is 5. The summed E-state index contributed by atoms with van der Waals surface area (Å²) < 4.78 is 0. The Morgan fingerprint density at radius 1 is 0.938 bits per heavy atom. The van der Waals surface area contributed by atoms with E-state index in [2.05, 4.69) is 0 Å². The van der Waals surface area contributed by atoms with E-state index < -0.39 is 0 Å². The zero-order valence-corrected chi connectivity index (χ0v) is 10.6. The van der Waals surface area contributed by atoms with Crippen LogP contribution in [0.1, 0.15) is 0 Å². The molecule has 0 fully saturated rings. The monoisotopic (exact) mass is 229 g/mol. The number of aromatic hydroxyl groups is 2. The van der Waals surface area contributed by atoms with Crippen molar-refractivity contribution in [2.45, 2.75) is 0 Å². The normalized spacial score (nSPS) is 8.50. The molecule has 2 aromatic carbocycles. The van der Waals surface area contributed by atoms with Gasteiger partial charge in [0.05, 0.1) is 0 Å². The second kappa shape index (κ2) is 7.05. The Hall–Kier alpha value is -1.30. The predicted octanol–water partition coefficient (Wildman–Crippen LogP) is -0.494. The Bertz CT molecular complexity index is 435. The quantitative estimate of drug-likeness (QED) is 0.276. The summed E-state index contributed by atoms with van der Waals surface area (Å²) in [5, 5.41) is 29.1. The Morgan fingerprint density at radius 3 is 1.56 bits per heavy atom. The molecule has 78 valence electrons. The van der Waals surface area contributed by atoms with Gasteiger partial charge in [0.25, 0.3) is 0 Å². The zero-order valence-electron chi connectivity index (χ0n) is 8.62. The summed E-state index contributed by atoms with van der Waals surface area (Å²) in [7, 11) is 0. The Morgan fingerprint density at radius 2 is 1.25 bits per heavy atom. The third-order valence-corrected chi connectivity index (χ3v) is 1.88. The fraction of sp³-hybridized carbons (Fsp3) is 0. The van der Waals surface area contributed by atoms with Crippen molar-refractivity contribution in [2.75, 3.05) is 0 Å². The largest absolute Gasteiger partial charge is 1.00 e. The maximum atomic E-state index is 9.38. The van der Waals surface area contributed by atoms with Crippen molar-refractivity contribution < 1.29 is 39.8 Å². The van der Waals surface area contributed by atoms with Gasteiger partial charge in [-0.3, -0.25) is 0 Å². The molecular formula is C10H8NNaO4. The van der Waals surface area contributed by atoms with Crippen LogP contribution in [-0.4, -0.2) is 10.2 Å². The van der Waals surface area contributed by atoms with Crippen molar-refractivity contribution in [2.24, 2.45) is 5.34 Å². The third-order valence-electron chi connectivity index (χ3n) is 1.88.